The third-order valence-corrected chi connectivity index (χ3v) is 11.7. The molecule has 0 atom stereocenters. The van der Waals surface area contributed by atoms with Crippen LogP contribution in [0.1, 0.15) is 0 Å². The molecule has 11 aromatic rings. The van der Waals surface area contributed by atoms with Gasteiger partial charge >= 0.3 is 0 Å². The fourth-order valence-electron chi connectivity index (χ4n) is 8.82. The number of rotatable bonds is 6. The lowest BCUT2D eigenvalue weighted by atomic mass is 9.86. The first-order valence-electron chi connectivity index (χ1n) is 20.2. The number of hydrogen-bond acceptors (Lipinski definition) is 2. The van der Waals surface area contributed by atoms with Crippen LogP contribution in [0.25, 0.3) is 115 Å². The van der Waals surface area contributed by atoms with Crippen molar-refractivity contribution in [2.45, 2.75) is 0 Å². The van der Waals surface area contributed by atoms with Gasteiger partial charge < -0.3 is 0 Å². The maximum Gasteiger partial charge on any atom is 0.187 e. The molecule has 0 saturated carbocycles. The lowest BCUT2D eigenvalue weighted by Crippen LogP contribution is -1.97. The van der Waals surface area contributed by atoms with Crippen molar-refractivity contribution < 1.29 is 0 Å². The van der Waals surface area contributed by atoms with Gasteiger partial charge in [0.15, 0.2) is 11.5 Å². The van der Waals surface area contributed by atoms with Gasteiger partial charge in [0.05, 0.1) is 18.0 Å². The molecule has 278 valence electrons. The summed E-state index contributed by atoms with van der Waals surface area (Å²) in [5.41, 5.74) is 12.2. The van der Waals surface area contributed by atoms with E-state index in [2.05, 4.69) is 163 Å². The molecular weight excluding hydrogens is 727 g/mol. The SMILES string of the molecule is [C-]#[N+]c1ccc(-c2ccccc2-c2cc(-c3ccc(-c4ccc(-c5c6ccccc6cc6c5ccc5ccccc56)c5ccccc45)cc3)nc(-c3ccccc3)n2)cc1. The molecular formula is C57H35N3. The maximum atomic E-state index is 7.42. The Labute approximate surface area is 348 Å². The Kier molecular flexibility index (Phi) is 8.54. The van der Waals surface area contributed by atoms with Gasteiger partial charge in [-0.05, 0) is 88.6 Å². The largest absolute Gasteiger partial charge is 0.238 e. The summed E-state index contributed by atoms with van der Waals surface area (Å²) in [5.74, 6) is 0.667. The van der Waals surface area contributed by atoms with Crippen molar-refractivity contribution in [1.82, 2.24) is 9.97 Å². The van der Waals surface area contributed by atoms with Crippen molar-refractivity contribution in [2.75, 3.05) is 0 Å². The van der Waals surface area contributed by atoms with Crippen molar-refractivity contribution >= 4 is 48.8 Å². The molecule has 0 spiro atoms. The van der Waals surface area contributed by atoms with Crippen molar-refractivity contribution in [2.24, 2.45) is 0 Å². The second-order valence-corrected chi connectivity index (χ2v) is 15.2. The summed E-state index contributed by atoms with van der Waals surface area (Å²) in [7, 11) is 0. The van der Waals surface area contributed by atoms with E-state index in [9.17, 15) is 0 Å². The summed E-state index contributed by atoms with van der Waals surface area (Å²) in [6, 6.07) is 74.9. The predicted octanol–water partition coefficient (Wildman–Crippen LogP) is 15.6. The summed E-state index contributed by atoms with van der Waals surface area (Å²) in [5, 5.41) is 9.97. The van der Waals surface area contributed by atoms with Gasteiger partial charge in [-0.25, -0.2) is 14.8 Å². The van der Waals surface area contributed by atoms with Crippen molar-refractivity contribution in [3.63, 3.8) is 0 Å². The zero-order chi connectivity index (χ0) is 40.0. The van der Waals surface area contributed by atoms with Crippen molar-refractivity contribution in [3.8, 4) is 67.3 Å². The van der Waals surface area contributed by atoms with Crippen LogP contribution in [0.5, 0.6) is 0 Å². The molecule has 0 unspecified atom stereocenters. The molecule has 0 aliphatic carbocycles. The van der Waals surface area contributed by atoms with Gasteiger partial charge in [0.1, 0.15) is 0 Å². The molecule has 3 heteroatoms. The molecule has 1 heterocycles. The minimum absolute atomic E-state index is 0.617. The van der Waals surface area contributed by atoms with Crippen LogP contribution >= 0.6 is 0 Å². The highest BCUT2D eigenvalue weighted by molar-refractivity contribution is 6.23. The van der Waals surface area contributed by atoms with E-state index in [1.807, 2.05) is 54.6 Å². The fraction of sp³-hybridized carbons (Fsp3) is 0. The van der Waals surface area contributed by atoms with Crippen molar-refractivity contribution in [3.05, 3.63) is 224 Å². The lowest BCUT2D eigenvalue weighted by molar-refractivity contribution is 1.18. The molecule has 1 aromatic heterocycles. The third kappa shape index (κ3) is 6.07. The molecule has 3 nitrogen and oxygen atoms in total. The Morgan fingerprint density at radius 3 is 1.65 bits per heavy atom. The number of aromatic nitrogens is 2. The number of nitrogens with zero attached hydrogens (tertiary/aromatic N) is 3. The van der Waals surface area contributed by atoms with Crippen LogP contribution in [0.2, 0.25) is 0 Å². The molecule has 0 fully saturated rings. The summed E-state index contributed by atoms with van der Waals surface area (Å²) < 4.78 is 0. The quantitative estimate of drug-likeness (QED) is 0.0959. The average Bonchev–Trinajstić information content (AvgIpc) is 3.33. The van der Waals surface area contributed by atoms with Crippen LogP contribution < -0.4 is 0 Å². The highest BCUT2D eigenvalue weighted by Gasteiger charge is 2.18. The Hall–Kier alpha value is -8.19. The van der Waals surface area contributed by atoms with Gasteiger partial charge in [-0.15, -0.1) is 0 Å². The lowest BCUT2D eigenvalue weighted by Gasteiger charge is -2.17. The number of hydrogen-bond donors (Lipinski definition) is 0. The van der Waals surface area contributed by atoms with Crippen LogP contribution in [0.4, 0.5) is 5.69 Å². The van der Waals surface area contributed by atoms with Crippen LogP contribution in [0.3, 0.4) is 0 Å². The van der Waals surface area contributed by atoms with E-state index in [1.54, 1.807) is 0 Å². The standard InChI is InChI=1S/C57H35N3/c1-58-43-30-27-39(28-31-43)44-17-9-12-22-50(44)55-36-54(59-57(60-55)41-14-3-2-4-15-41)40-25-23-38(24-26-40)46-33-34-51(49-21-11-10-20-48(46)49)56-47-19-8-6-16-42(47)35-53-45-18-7-5-13-37(45)29-32-52(53)56/h2-36H. The summed E-state index contributed by atoms with van der Waals surface area (Å²) >= 11 is 0. The molecule has 0 bridgehead atoms. The smallest absolute Gasteiger partial charge is 0.187 e. The van der Waals surface area contributed by atoms with Crippen LogP contribution in [0.15, 0.2) is 212 Å². The molecule has 0 aliphatic heterocycles. The first-order valence-corrected chi connectivity index (χ1v) is 20.2. The number of benzene rings is 10. The van der Waals surface area contributed by atoms with E-state index in [1.165, 1.54) is 59.8 Å². The van der Waals surface area contributed by atoms with Gasteiger partial charge in [0, 0.05) is 16.7 Å². The highest BCUT2D eigenvalue weighted by atomic mass is 14.9. The fourth-order valence-corrected chi connectivity index (χ4v) is 8.82. The Bertz CT molecular complexity index is 3470. The molecule has 10 aromatic carbocycles. The van der Waals surface area contributed by atoms with Gasteiger partial charge in [-0.1, -0.05) is 200 Å². The van der Waals surface area contributed by atoms with E-state index in [-0.39, 0.29) is 0 Å². The molecule has 0 amide bonds. The zero-order valence-corrected chi connectivity index (χ0v) is 32.5. The van der Waals surface area contributed by atoms with Crippen molar-refractivity contribution in [1.29, 1.82) is 0 Å². The Morgan fingerprint density at radius 2 is 0.883 bits per heavy atom. The van der Waals surface area contributed by atoms with Gasteiger partial charge in [0.25, 0.3) is 0 Å². The van der Waals surface area contributed by atoms with Gasteiger partial charge in [0.2, 0.25) is 0 Å². The second-order valence-electron chi connectivity index (χ2n) is 15.2. The van der Waals surface area contributed by atoms with Gasteiger partial charge in [-0.3, -0.25) is 0 Å². The van der Waals surface area contributed by atoms with Gasteiger partial charge in [-0.2, -0.15) is 0 Å². The first-order chi connectivity index (χ1) is 29.7. The highest BCUT2D eigenvalue weighted by Crippen LogP contribution is 2.44. The maximum absolute atomic E-state index is 7.42. The van der Waals surface area contributed by atoms with E-state index in [0.29, 0.717) is 11.5 Å². The predicted molar refractivity (Wildman–Crippen MR) is 251 cm³/mol. The molecule has 0 aliphatic rings. The second kappa shape index (κ2) is 14.6. The summed E-state index contributed by atoms with van der Waals surface area (Å²) in [4.78, 5) is 13.9. The summed E-state index contributed by atoms with van der Waals surface area (Å²) in [6.45, 7) is 7.42. The third-order valence-electron chi connectivity index (χ3n) is 11.7. The molecule has 0 saturated heterocycles. The van der Waals surface area contributed by atoms with Crippen LogP contribution in [-0.2, 0) is 0 Å². The first kappa shape index (κ1) is 35.0. The summed E-state index contributed by atoms with van der Waals surface area (Å²) in [6.07, 6.45) is 0. The Morgan fingerprint density at radius 1 is 0.317 bits per heavy atom. The topological polar surface area (TPSA) is 30.1 Å². The molecule has 11 rings (SSSR count). The number of fused-ring (bicyclic) bond motifs is 5. The monoisotopic (exact) mass is 761 g/mol. The van der Waals surface area contributed by atoms with Crippen LogP contribution in [-0.4, -0.2) is 9.97 Å². The zero-order valence-electron chi connectivity index (χ0n) is 32.5. The van der Waals surface area contributed by atoms with E-state index in [4.69, 9.17) is 16.5 Å². The molecule has 60 heavy (non-hydrogen) atoms. The molecule has 0 radical (unpaired) electrons. The molecule has 0 N–H and O–H groups in total. The van der Waals surface area contributed by atoms with Crippen LogP contribution in [0, 0.1) is 6.57 Å². The Balaban J connectivity index is 1.03. The normalized spacial score (nSPS) is 11.3. The average molecular weight is 762 g/mol. The minimum atomic E-state index is 0.617. The van der Waals surface area contributed by atoms with E-state index < -0.39 is 0 Å². The van der Waals surface area contributed by atoms with E-state index in [0.717, 1.165) is 44.8 Å². The minimum Gasteiger partial charge on any atom is -0.238 e. The van der Waals surface area contributed by atoms with E-state index >= 15 is 0 Å².